The van der Waals surface area contributed by atoms with Gasteiger partial charge in [0.05, 0.1) is 5.60 Å². The monoisotopic (exact) mass is 308 g/mol. The first-order valence-corrected chi connectivity index (χ1v) is 11.1. The van der Waals surface area contributed by atoms with Gasteiger partial charge in [-0.3, -0.25) is 0 Å². The number of rotatable bonds is 6. The summed E-state index contributed by atoms with van der Waals surface area (Å²) < 4.78 is 6.57. The van der Waals surface area contributed by atoms with Crippen molar-refractivity contribution in [1.82, 2.24) is 0 Å². The lowest BCUT2D eigenvalue weighted by Gasteiger charge is -2.47. The lowest BCUT2D eigenvalue weighted by molar-refractivity contribution is -0.132. The van der Waals surface area contributed by atoms with Gasteiger partial charge in [0, 0.05) is 12.0 Å². The maximum absolute atomic E-state index is 11.0. The van der Waals surface area contributed by atoms with Crippen LogP contribution in [0.5, 0.6) is 0 Å². The van der Waals surface area contributed by atoms with Gasteiger partial charge in [-0.25, -0.2) is 4.79 Å². The molecule has 1 N–H and O–H groups in total. The van der Waals surface area contributed by atoms with Crippen molar-refractivity contribution >= 4 is 14.3 Å². The highest BCUT2D eigenvalue weighted by atomic mass is 28.4. The molecule has 0 amide bonds. The molecule has 0 unspecified atom stereocenters. The topological polar surface area (TPSA) is 46.5 Å². The van der Waals surface area contributed by atoms with Crippen molar-refractivity contribution < 1.29 is 14.3 Å². The molecule has 1 aliphatic carbocycles. The Labute approximate surface area is 129 Å². The van der Waals surface area contributed by atoms with Gasteiger partial charge in [-0.1, -0.05) is 18.9 Å². The molecule has 4 heteroatoms. The Bertz CT molecular complexity index is 442. The van der Waals surface area contributed by atoms with Gasteiger partial charge in [0.2, 0.25) is 0 Å². The van der Waals surface area contributed by atoms with E-state index < -0.39 is 14.3 Å². The van der Waals surface area contributed by atoms with Crippen LogP contribution in [0.3, 0.4) is 0 Å². The van der Waals surface area contributed by atoms with E-state index in [1.165, 1.54) is 6.42 Å². The van der Waals surface area contributed by atoms with E-state index in [2.05, 4.69) is 25.6 Å². The Kier molecular flexibility index (Phi) is 6.24. The molecule has 0 aromatic rings. The zero-order chi connectivity index (χ0) is 16.1. The molecule has 1 saturated carbocycles. The first-order chi connectivity index (χ1) is 9.70. The van der Waals surface area contributed by atoms with Crippen molar-refractivity contribution in [3.63, 3.8) is 0 Å². The molecular weight excluding hydrogens is 280 g/mol. The van der Waals surface area contributed by atoms with E-state index in [4.69, 9.17) is 16.0 Å². The van der Waals surface area contributed by atoms with Crippen LogP contribution in [-0.4, -0.2) is 25.0 Å². The Hall–Kier alpha value is -1.05. The summed E-state index contributed by atoms with van der Waals surface area (Å²) in [6.07, 6.45) is 13.1. The highest BCUT2D eigenvalue weighted by Crippen LogP contribution is 2.43. The van der Waals surface area contributed by atoms with E-state index in [1.54, 1.807) is 6.92 Å². The second-order valence-corrected chi connectivity index (χ2v) is 11.5. The Balaban J connectivity index is 3.06. The molecule has 0 saturated heterocycles. The van der Waals surface area contributed by atoms with E-state index in [0.717, 1.165) is 19.3 Å². The summed E-state index contributed by atoms with van der Waals surface area (Å²) >= 11 is 0. The second-order valence-electron chi connectivity index (χ2n) is 7.03. The summed E-state index contributed by atoms with van der Waals surface area (Å²) in [4.78, 5) is 11.0. The minimum Gasteiger partial charge on any atom is -0.478 e. The van der Waals surface area contributed by atoms with Crippen molar-refractivity contribution in [2.75, 3.05) is 0 Å². The number of carbonyl (C=O) groups is 1. The Morgan fingerprint density at radius 1 is 1.48 bits per heavy atom. The molecular formula is C17H28O3Si. The zero-order valence-electron chi connectivity index (χ0n) is 13.7. The van der Waals surface area contributed by atoms with Crippen LogP contribution in [0.1, 0.15) is 45.4 Å². The molecule has 0 aliphatic heterocycles. The van der Waals surface area contributed by atoms with Crippen LogP contribution < -0.4 is 0 Å². The predicted molar refractivity (Wildman–Crippen MR) is 88.6 cm³/mol. The van der Waals surface area contributed by atoms with E-state index in [1.807, 2.05) is 6.08 Å². The lowest BCUT2D eigenvalue weighted by atomic mass is 9.72. The molecule has 0 radical (unpaired) electrons. The van der Waals surface area contributed by atoms with Gasteiger partial charge in [-0.15, -0.1) is 12.3 Å². The molecule has 0 aromatic carbocycles. The first kappa shape index (κ1) is 18.0. The van der Waals surface area contributed by atoms with Crippen LogP contribution in [0, 0.1) is 18.3 Å². The Morgan fingerprint density at radius 3 is 2.67 bits per heavy atom. The standard InChI is InChI=1S/C17H28O3Si/c1-6-9-15-10-7-8-12-17(15,20-21(3,4)5)13-11-14(2)16(18)19/h1,11,15H,7-10,12-13H2,2-5H3,(H,18,19)/b14-11+/t15-,17-/m0/s1. The summed E-state index contributed by atoms with van der Waals surface area (Å²) in [7, 11) is -1.73. The first-order valence-electron chi connectivity index (χ1n) is 7.74. The molecule has 0 spiro atoms. The molecule has 0 aromatic heterocycles. The molecule has 21 heavy (non-hydrogen) atoms. The minimum absolute atomic E-state index is 0.272. The SMILES string of the molecule is C#CC[C@H]1CCCC[C@@]1(C/C=C(\C)C(=O)O)O[Si](C)(C)C. The number of hydrogen-bond donors (Lipinski definition) is 1. The second kappa shape index (κ2) is 7.28. The third kappa shape index (κ3) is 5.33. The largest absolute Gasteiger partial charge is 0.478 e. The Morgan fingerprint density at radius 2 is 2.14 bits per heavy atom. The fourth-order valence-electron chi connectivity index (χ4n) is 3.18. The van der Waals surface area contributed by atoms with Crippen LogP contribution >= 0.6 is 0 Å². The van der Waals surface area contributed by atoms with Gasteiger partial charge in [-0.2, -0.15) is 0 Å². The zero-order valence-corrected chi connectivity index (χ0v) is 14.7. The minimum atomic E-state index is -1.73. The summed E-state index contributed by atoms with van der Waals surface area (Å²) in [5, 5.41) is 9.06. The van der Waals surface area contributed by atoms with Gasteiger partial charge in [-0.05, 0) is 51.7 Å². The highest BCUT2D eigenvalue weighted by molar-refractivity contribution is 6.69. The molecule has 2 atom stereocenters. The van der Waals surface area contributed by atoms with Crippen LogP contribution in [0.2, 0.25) is 19.6 Å². The summed E-state index contributed by atoms with van der Waals surface area (Å²) in [6, 6.07) is 0. The fraction of sp³-hybridized carbons (Fsp3) is 0.706. The van der Waals surface area contributed by atoms with E-state index in [0.29, 0.717) is 24.3 Å². The number of carboxylic acid groups (broad SMARTS) is 1. The maximum atomic E-state index is 11.0. The molecule has 118 valence electrons. The van der Waals surface area contributed by atoms with Gasteiger partial charge >= 0.3 is 5.97 Å². The van der Waals surface area contributed by atoms with Crippen molar-refractivity contribution in [2.24, 2.45) is 5.92 Å². The van der Waals surface area contributed by atoms with Crippen molar-refractivity contribution in [1.29, 1.82) is 0 Å². The van der Waals surface area contributed by atoms with Crippen LogP contribution in [0.4, 0.5) is 0 Å². The van der Waals surface area contributed by atoms with Gasteiger partial charge in [0.1, 0.15) is 0 Å². The van der Waals surface area contributed by atoms with E-state index >= 15 is 0 Å². The van der Waals surface area contributed by atoms with Crippen LogP contribution in [-0.2, 0) is 9.22 Å². The third-order valence-corrected chi connectivity index (χ3v) is 5.13. The van der Waals surface area contributed by atoms with Crippen LogP contribution in [0.25, 0.3) is 0 Å². The third-order valence-electron chi connectivity index (χ3n) is 4.11. The smallest absolute Gasteiger partial charge is 0.330 e. The summed E-state index contributed by atoms with van der Waals surface area (Å²) in [5.74, 6) is 2.26. The van der Waals surface area contributed by atoms with Gasteiger partial charge < -0.3 is 9.53 Å². The quantitative estimate of drug-likeness (QED) is 0.454. The highest BCUT2D eigenvalue weighted by Gasteiger charge is 2.43. The van der Waals surface area contributed by atoms with Gasteiger partial charge in [0.25, 0.3) is 0 Å². The van der Waals surface area contributed by atoms with Crippen molar-refractivity contribution in [3.05, 3.63) is 11.6 Å². The molecule has 3 nitrogen and oxygen atoms in total. The number of carboxylic acids is 1. The average Bonchev–Trinajstić information content (AvgIpc) is 2.37. The summed E-state index contributed by atoms with van der Waals surface area (Å²) in [5.41, 5.74) is 0.116. The van der Waals surface area contributed by atoms with Crippen molar-refractivity contribution in [3.8, 4) is 12.3 Å². The normalized spacial score (nSPS) is 27.2. The van der Waals surface area contributed by atoms with Gasteiger partial charge in [0.15, 0.2) is 8.32 Å². The maximum Gasteiger partial charge on any atom is 0.330 e. The summed E-state index contributed by atoms with van der Waals surface area (Å²) in [6.45, 7) is 8.20. The molecule has 1 aliphatic rings. The fourth-order valence-corrected chi connectivity index (χ4v) is 4.75. The van der Waals surface area contributed by atoms with E-state index in [9.17, 15) is 4.79 Å². The van der Waals surface area contributed by atoms with Crippen molar-refractivity contribution in [2.45, 2.75) is 70.7 Å². The van der Waals surface area contributed by atoms with E-state index in [-0.39, 0.29) is 5.60 Å². The molecule has 1 fully saturated rings. The predicted octanol–water partition coefficient (Wildman–Crippen LogP) is 4.21. The number of hydrogen-bond acceptors (Lipinski definition) is 2. The molecule has 1 rings (SSSR count). The number of aliphatic carboxylic acids is 1. The molecule has 0 bridgehead atoms. The number of terminal acetylenes is 1. The molecule has 0 heterocycles. The average molecular weight is 308 g/mol. The van der Waals surface area contributed by atoms with Crippen LogP contribution in [0.15, 0.2) is 11.6 Å². The lowest BCUT2D eigenvalue weighted by Crippen LogP contribution is -2.49.